The van der Waals surface area contributed by atoms with Gasteiger partial charge in [-0.05, 0) is 44.3 Å². The Bertz CT molecular complexity index is 333. The van der Waals surface area contributed by atoms with E-state index in [4.69, 9.17) is 4.74 Å². The molecule has 3 aliphatic heterocycles. The number of ether oxygens (including phenoxy) is 1. The Morgan fingerprint density at radius 3 is 2.71 bits per heavy atom. The van der Waals surface area contributed by atoms with Crippen LogP contribution in [-0.2, 0) is 9.53 Å². The van der Waals surface area contributed by atoms with E-state index in [1.807, 2.05) is 0 Å². The van der Waals surface area contributed by atoms with E-state index in [0.717, 1.165) is 31.5 Å². The fourth-order valence-corrected chi connectivity index (χ4v) is 3.90. The Hall–Kier alpha value is -0.650. The number of piperidine rings is 3. The van der Waals surface area contributed by atoms with Crippen molar-refractivity contribution in [2.24, 2.45) is 11.8 Å². The highest BCUT2D eigenvalue weighted by molar-refractivity contribution is 5.77. The van der Waals surface area contributed by atoms with Crippen molar-refractivity contribution in [1.29, 1.82) is 0 Å². The molecule has 0 aromatic carbocycles. The molecule has 0 radical (unpaired) electrons. The summed E-state index contributed by atoms with van der Waals surface area (Å²) >= 11 is 0. The summed E-state index contributed by atoms with van der Waals surface area (Å²) in [6.07, 6.45) is 2.56. The van der Waals surface area contributed by atoms with Gasteiger partial charge in [0.2, 0.25) is 5.91 Å². The van der Waals surface area contributed by atoms with Crippen molar-refractivity contribution in [1.82, 2.24) is 15.1 Å². The quantitative estimate of drug-likeness (QED) is 0.720. The van der Waals surface area contributed by atoms with Crippen LogP contribution in [-0.4, -0.2) is 74.7 Å². The van der Waals surface area contributed by atoms with Crippen molar-refractivity contribution in [2.75, 3.05) is 53.0 Å². The molecule has 0 aromatic rings. The highest BCUT2D eigenvalue weighted by atomic mass is 16.5. The van der Waals surface area contributed by atoms with E-state index in [1.54, 1.807) is 7.11 Å². The van der Waals surface area contributed by atoms with Crippen LogP contribution in [0.5, 0.6) is 0 Å². The maximum atomic E-state index is 11.5. The highest BCUT2D eigenvalue weighted by Crippen LogP contribution is 2.36. The average molecular weight is 297 g/mol. The third kappa shape index (κ3) is 4.41. The van der Waals surface area contributed by atoms with E-state index in [2.05, 4.69) is 29.0 Å². The Kier molecular flexibility index (Phi) is 6.45. The lowest BCUT2D eigenvalue weighted by atomic mass is 9.75. The predicted octanol–water partition coefficient (Wildman–Crippen LogP) is 0.801. The number of hydrogen-bond donors (Lipinski definition) is 1. The number of fused-ring (bicyclic) bond motifs is 3. The van der Waals surface area contributed by atoms with E-state index in [9.17, 15) is 4.79 Å². The minimum Gasteiger partial charge on any atom is -0.375 e. The summed E-state index contributed by atoms with van der Waals surface area (Å²) in [6, 6.07) is 0.525. The first kappa shape index (κ1) is 16.7. The molecule has 3 heterocycles. The molecular formula is C16H31N3O2. The molecule has 3 aliphatic rings. The Labute approximate surface area is 129 Å². The van der Waals surface area contributed by atoms with Crippen LogP contribution in [0.3, 0.4) is 0 Å². The van der Waals surface area contributed by atoms with E-state index in [-0.39, 0.29) is 12.5 Å². The summed E-state index contributed by atoms with van der Waals surface area (Å²) in [4.78, 5) is 16.6. The Balaban J connectivity index is 1.80. The molecule has 5 nitrogen and oxygen atoms in total. The monoisotopic (exact) mass is 297 g/mol. The van der Waals surface area contributed by atoms with E-state index in [0.29, 0.717) is 6.04 Å². The second-order valence-corrected chi connectivity index (χ2v) is 6.42. The molecule has 21 heavy (non-hydrogen) atoms. The van der Waals surface area contributed by atoms with Crippen molar-refractivity contribution in [2.45, 2.75) is 32.7 Å². The normalized spacial score (nSPS) is 31.6. The zero-order valence-corrected chi connectivity index (χ0v) is 13.8. The molecule has 0 spiro atoms. The largest absolute Gasteiger partial charge is 0.375 e. The van der Waals surface area contributed by atoms with E-state index in [1.165, 1.54) is 32.5 Å². The van der Waals surface area contributed by atoms with Gasteiger partial charge in [0.1, 0.15) is 6.61 Å². The van der Waals surface area contributed by atoms with Gasteiger partial charge in [-0.2, -0.15) is 0 Å². The van der Waals surface area contributed by atoms with Crippen molar-refractivity contribution in [3.8, 4) is 0 Å². The second kappa shape index (κ2) is 8.11. The van der Waals surface area contributed by atoms with Crippen LogP contribution < -0.4 is 5.32 Å². The summed E-state index contributed by atoms with van der Waals surface area (Å²) < 4.78 is 4.86. The molecule has 1 amide bonds. The van der Waals surface area contributed by atoms with Crippen LogP contribution in [0.4, 0.5) is 0 Å². The first-order chi connectivity index (χ1) is 10.2. The van der Waals surface area contributed by atoms with Crippen molar-refractivity contribution in [3.05, 3.63) is 0 Å². The average Bonchev–Trinajstić information content (AvgIpc) is 2.51. The lowest BCUT2D eigenvalue weighted by molar-refractivity contribution is -0.125. The standard InChI is InChI=1S/C16H31N3O2/c1-4-18(5-2)10-14-11-19-7-6-13(14)8-15(19)9-17-16(20)12-21-3/h13-15H,4-12H2,1-3H3,(H,17,20). The van der Waals surface area contributed by atoms with Gasteiger partial charge in [-0.3, -0.25) is 9.69 Å². The maximum Gasteiger partial charge on any atom is 0.246 e. The molecule has 3 rings (SSSR count). The van der Waals surface area contributed by atoms with Gasteiger partial charge in [0.05, 0.1) is 0 Å². The van der Waals surface area contributed by atoms with Gasteiger partial charge in [-0.15, -0.1) is 0 Å². The number of rotatable bonds is 8. The van der Waals surface area contributed by atoms with Gasteiger partial charge in [0.25, 0.3) is 0 Å². The lowest BCUT2D eigenvalue weighted by Crippen LogP contribution is -2.58. The number of nitrogens with zero attached hydrogens (tertiary/aromatic N) is 2. The van der Waals surface area contributed by atoms with Crippen molar-refractivity contribution in [3.63, 3.8) is 0 Å². The van der Waals surface area contributed by atoms with Crippen LogP contribution in [0.15, 0.2) is 0 Å². The summed E-state index contributed by atoms with van der Waals surface area (Å²) in [5.74, 6) is 1.64. The minimum atomic E-state index is -0.000150. The van der Waals surface area contributed by atoms with E-state index >= 15 is 0 Å². The molecule has 2 bridgehead atoms. The maximum absolute atomic E-state index is 11.5. The van der Waals surface area contributed by atoms with Gasteiger partial charge < -0.3 is 15.0 Å². The molecule has 5 heteroatoms. The lowest BCUT2D eigenvalue weighted by Gasteiger charge is -2.51. The molecule has 1 N–H and O–H groups in total. The molecule has 4 unspecified atom stereocenters. The number of amides is 1. The summed E-state index contributed by atoms with van der Waals surface area (Å²) in [5.41, 5.74) is 0. The molecule has 3 fully saturated rings. The molecule has 0 aliphatic carbocycles. The number of methoxy groups -OCH3 is 1. The van der Waals surface area contributed by atoms with Gasteiger partial charge in [0, 0.05) is 32.8 Å². The molecule has 0 aromatic heterocycles. The van der Waals surface area contributed by atoms with Crippen molar-refractivity contribution >= 4 is 5.91 Å². The van der Waals surface area contributed by atoms with Gasteiger partial charge in [-0.25, -0.2) is 0 Å². The zero-order valence-electron chi connectivity index (χ0n) is 13.8. The third-order valence-corrected chi connectivity index (χ3v) is 5.21. The number of carbonyl (C=O) groups excluding carboxylic acids is 1. The molecule has 4 atom stereocenters. The molecule has 0 saturated carbocycles. The molecule has 3 saturated heterocycles. The Morgan fingerprint density at radius 1 is 1.38 bits per heavy atom. The number of hydrogen-bond acceptors (Lipinski definition) is 4. The number of carbonyl (C=O) groups is 1. The molecular weight excluding hydrogens is 266 g/mol. The fourth-order valence-electron chi connectivity index (χ4n) is 3.90. The number of nitrogens with one attached hydrogen (secondary N) is 1. The predicted molar refractivity (Wildman–Crippen MR) is 84.2 cm³/mol. The van der Waals surface area contributed by atoms with Crippen LogP contribution in [0.25, 0.3) is 0 Å². The first-order valence-corrected chi connectivity index (χ1v) is 8.39. The topological polar surface area (TPSA) is 44.8 Å². The highest BCUT2D eigenvalue weighted by Gasteiger charge is 2.40. The third-order valence-electron chi connectivity index (χ3n) is 5.21. The molecule has 122 valence electrons. The van der Waals surface area contributed by atoms with Crippen LogP contribution >= 0.6 is 0 Å². The van der Waals surface area contributed by atoms with Gasteiger partial charge >= 0.3 is 0 Å². The van der Waals surface area contributed by atoms with Gasteiger partial charge in [-0.1, -0.05) is 13.8 Å². The zero-order chi connectivity index (χ0) is 15.2. The first-order valence-electron chi connectivity index (χ1n) is 8.39. The SMILES string of the molecule is CCN(CC)CC1CN2CCC1CC2CNC(=O)COC. The fraction of sp³-hybridized carbons (Fsp3) is 0.938. The smallest absolute Gasteiger partial charge is 0.246 e. The van der Waals surface area contributed by atoms with Crippen LogP contribution in [0, 0.1) is 11.8 Å². The van der Waals surface area contributed by atoms with E-state index < -0.39 is 0 Å². The van der Waals surface area contributed by atoms with Crippen LogP contribution in [0.1, 0.15) is 26.7 Å². The second-order valence-electron chi connectivity index (χ2n) is 6.42. The Morgan fingerprint density at radius 2 is 2.14 bits per heavy atom. The summed E-state index contributed by atoms with van der Waals surface area (Å²) in [6.45, 7) is 11.4. The summed E-state index contributed by atoms with van der Waals surface area (Å²) in [7, 11) is 1.56. The van der Waals surface area contributed by atoms with Crippen molar-refractivity contribution < 1.29 is 9.53 Å². The minimum absolute atomic E-state index is 0.000150. The van der Waals surface area contributed by atoms with Gasteiger partial charge in [0.15, 0.2) is 0 Å². The summed E-state index contributed by atoms with van der Waals surface area (Å²) in [5, 5.41) is 3.00. The van der Waals surface area contributed by atoms with Crippen LogP contribution in [0.2, 0.25) is 0 Å².